The van der Waals surface area contributed by atoms with Gasteiger partial charge in [-0.15, -0.1) is 10.2 Å². The molecule has 1 amide bonds. The van der Waals surface area contributed by atoms with Crippen LogP contribution in [0.3, 0.4) is 0 Å². The summed E-state index contributed by atoms with van der Waals surface area (Å²) in [5.74, 6) is 1.27. The molecule has 32 heavy (non-hydrogen) atoms. The second-order valence-electron chi connectivity index (χ2n) is 6.86. The molecule has 0 aliphatic rings. The van der Waals surface area contributed by atoms with Crippen LogP contribution >= 0.6 is 11.8 Å². The Morgan fingerprint density at radius 1 is 1.09 bits per heavy atom. The molecule has 0 spiro atoms. The third kappa shape index (κ3) is 4.86. The number of ether oxygens (including phenoxy) is 1. The quantitative estimate of drug-likeness (QED) is 0.244. The predicted molar refractivity (Wildman–Crippen MR) is 122 cm³/mol. The Morgan fingerprint density at radius 3 is 2.62 bits per heavy atom. The Kier molecular flexibility index (Phi) is 6.31. The van der Waals surface area contributed by atoms with Gasteiger partial charge in [-0.3, -0.25) is 14.9 Å². The fourth-order valence-electron chi connectivity index (χ4n) is 3.05. The Morgan fingerprint density at radius 2 is 1.84 bits per heavy atom. The molecule has 4 rings (SSSR count). The molecule has 4 aromatic rings. The molecule has 1 aromatic heterocycles. The number of fused-ring (bicyclic) bond motifs is 1. The minimum Gasteiger partial charge on any atom is -0.485 e. The van der Waals surface area contributed by atoms with Crippen molar-refractivity contribution >= 4 is 39.8 Å². The molecule has 0 atom stereocenters. The van der Waals surface area contributed by atoms with Gasteiger partial charge in [0.1, 0.15) is 12.4 Å². The standard InChI is InChI=1S/C22H19N5O4S/c1-26-20(13-31-19-8-4-6-15-5-2-3-7-18(15)19)24-25-22(26)32-14-21(28)23-16-9-11-17(12-10-16)27(29)30/h2-12H,13-14H2,1H3,(H,23,28). The second kappa shape index (κ2) is 9.48. The Labute approximate surface area is 187 Å². The van der Waals surface area contributed by atoms with Gasteiger partial charge in [-0.25, -0.2) is 0 Å². The van der Waals surface area contributed by atoms with Gasteiger partial charge in [0, 0.05) is 30.3 Å². The number of amides is 1. The maximum absolute atomic E-state index is 12.2. The average Bonchev–Trinajstić information content (AvgIpc) is 3.16. The van der Waals surface area contributed by atoms with Crippen LogP contribution in [0.1, 0.15) is 5.82 Å². The third-order valence-electron chi connectivity index (χ3n) is 4.73. The number of aromatic nitrogens is 3. The van der Waals surface area contributed by atoms with E-state index in [2.05, 4.69) is 15.5 Å². The SMILES string of the molecule is Cn1c(COc2cccc3ccccc23)nnc1SCC(=O)Nc1ccc([N+](=O)[O-])cc1. The highest BCUT2D eigenvalue weighted by atomic mass is 32.2. The summed E-state index contributed by atoms with van der Waals surface area (Å²) in [5, 5.41) is 24.4. The number of rotatable bonds is 8. The summed E-state index contributed by atoms with van der Waals surface area (Å²) in [6.45, 7) is 0.243. The van der Waals surface area contributed by atoms with Gasteiger partial charge in [0.15, 0.2) is 11.0 Å². The maximum Gasteiger partial charge on any atom is 0.269 e. The van der Waals surface area contributed by atoms with Crippen LogP contribution < -0.4 is 10.1 Å². The van der Waals surface area contributed by atoms with Crippen molar-refractivity contribution in [3.8, 4) is 5.75 Å². The summed E-state index contributed by atoms with van der Waals surface area (Å²) in [7, 11) is 1.82. The van der Waals surface area contributed by atoms with E-state index in [1.54, 1.807) is 4.57 Å². The van der Waals surface area contributed by atoms with Gasteiger partial charge >= 0.3 is 0 Å². The number of nitro benzene ring substituents is 1. The lowest BCUT2D eigenvalue weighted by Gasteiger charge is -2.09. The third-order valence-corrected chi connectivity index (χ3v) is 5.75. The van der Waals surface area contributed by atoms with Crippen LogP contribution in [0.4, 0.5) is 11.4 Å². The number of anilines is 1. The minimum absolute atomic E-state index is 0.0327. The number of nitrogens with one attached hydrogen (secondary N) is 1. The first-order valence-electron chi connectivity index (χ1n) is 9.67. The lowest BCUT2D eigenvalue weighted by molar-refractivity contribution is -0.384. The number of carbonyl (C=O) groups is 1. The van der Waals surface area contributed by atoms with E-state index in [1.807, 2.05) is 49.5 Å². The highest BCUT2D eigenvalue weighted by Gasteiger charge is 2.13. The summed E-state index contributed by atoms with van der Waals surface area (Å²) >= 11 is 1.24. The van der Waals surface area contributed by atoms with E-state index < -0.39 is 4.92 Å². The van der Waals surface area contributed by atoms with Gasteiger partial charge in [0.2, 0.25) is 5.91 Å². The van der Waals surface area contributed by atoms with E-state index in [4.69, 9.17) is 4.74 Å². The molecule has 1 N–H and O–H groups in total. The number of non-ortho nitro benzene ring substituents is 1. The topological polar surface area (TPSA) is 112 Å². The zero-order valence-electron chi connectivity index (χ0n) is 17.1. The molecule has 0 unspecified atom stereocenters. The lowest BCUT2D eigenvalue weighted by Crippen LogP contribution is -2.14. The fourth-order valence-corrected chi connectivity index (χ4v) is 3.78. The van der Waals surface area contributed by atoms with Crippen molar-refractivity contribution in [2.24, 2.45) is 7.05 Å². The summed E-state index contributed by atoms with van der Waals surface area (Å²) in [4.78, 5) is 22.4. The van der Waals surface area contributed by atoms with Crippen LogP contribution in [-0.2, 0) is 18.4 Å². The van der Waals surface area contributed by atoms with E-state index in [0.29, 0.717) is 16.7 Å². The van der Waals surface area contributed by atoms with Gasteiger partial charge < -0.3 is 14.6 Å². The molecule has 0 fully saturated rings. The van der Waals surface area contributed by atoms with E-state index >= 15 is 0 Å². The highest BCUT2D eigenvalue weighted by molar-refractivity contribution is 7.99. The molecule has 0 saturated carbocycles. The van der Waals surface area contributed by atoms with Crippen LogP contribution in [-0.4, -0.2) is 31.3 Å². The van der Waals surface area contributed by atoms with Gasteiger partial charge in [-0.1, -0.05) is 48.2 Å². The molecule has 3 aromatic carbocycles. The van der Waals surface area contributed by atoms with Crippen molar-refractivity contribution in [2.75, 3.05) is 11.1 Å². The number of nitrogens with zero attached hydrogens (tertiary/aromatic N) is 4. The van der Waals surface area contributed by atoms with Crippen molar-refractivity contribution in [2.45, 2.75) is 11.8 Å². The smallest absolute Gasteiger partial charge is 0.269 e. The van der Waals surface area contributed by atoms with Crippen LogP contribution in [0.5, 0.6) is 5.75 Å². The van der Waals surface area contributed by atoms with E-state index in [9.17, 15) is 14.9 Å². The molecule has 162 valence electrons. The largest absolute Gasteiger partial charge is 0.485 e. The average molecular weight is 449 g/mol. The van der Waals surface area contributed by atoms with Crippen molar-refractivity contribution in [3.63, 3.8) is 0 Å². The van der Waals surface area contributed by atoms with E-state index in [1.165, 1.54) is 36.0 Å². The molecule has 1 heterocycles. The molecule has 9 nitrogen and oxygen atoms in total. The second-order valence-corrected chi connectivity index (χ2v) is 7.81. The number of hydrogen-bond acceptors (Lipinski definition) is 7. The van der Waals surface area contributed by atoms with Crippen LogP contribution in [0.25, 0.3) is 10.8 Å². The number of carbonyl (C=O) groups excluding carboxylic acids is 1. The molecule has 10 heteroatoms. The Bertz CT molecular complexity index is 1270. The van der Waals surface area contributed by atoms with Crippen molar-refractivity contribution in [1.82, 2.24) is 14.8 Å². The first kappa shape index (κ1) is 21.3. The summed E-state index contributed by atoms with van der Waals surface area (Å²) in [6.07, 6.45) is 0. The monoisotopic (exact) mass is 449 g/mol. The first-order chi connectivity index (χ1) is 15.5. The fraction of sp³-hybridized carbons (Fsp3) is 0.136. The summed E-state index contributed by atoms with van der Waals surface area (Å²) in [6, 6.07) is 19.5. The van der Waals surface area contributed by atoms with Crippen LogP contribution in [0.2, 0.25) is 0 Å². The molecule has 0 aliphatic heterocycles. The van der Waals surface area contributed by atoms with E-state index in [0.717, 1.165) is 16.5 Å². The molecule has 0 bridgehead atoms. The summed E-state index contributed by atoms with van der Waals surface area (Å²) < 4.78 is 7.76. The molecule has 0 saturated heterocycles. The van der Waals surface area contributed by atoms with Gasteiger partial charge in [0.25, 0.3) is 5.69 Å². The zero-order valence-corrected chi connectivity index (χ0v) is 17.9. The van der Waals surface area contributed by atoms with Gasteiger partial charge in [-0.05, 0) is 23.6 Å². The first-order valence-corrected chi connectivity index (χ1v) is 10.7. The molecule has 0 aliphatic carbocycles. The number of benzene rings is 3. The van der Waals surface area contributed by atoms with Crippen molar-refractivity contribution in [3.05, 3.63) is 82.7 Å². The number of nitro groups is 1. The van der Waals surface area contributed by atoms with Gasteiger partial charge in [0.05, 0.1) is 10.7 Å². The Hall–Kier alpha value is -3.92. The van der Waals surface area contributed by atoms with Crippen molar-refractivity contribution in [1.29, 1.82) is 0 Å². The zero-order chi connectivity index (χ0) is 22.5. The van der Waals surface area contributed by atoms with Crippen LogP contribution in [0, 0.1) is 10.1 Å². The molecular formula is C22H19N5O4S. The normalized spacial score (nSPS) is 10.8. The maximum atomic E-state index is 12.2. The predicted octanol–water partition coefficient (Wildman–Crippen LogP) is 4.19. The van der Waals surface area contributed by atoms with E-state index in [-0.39, 0.29) is 24.0 Å². The van der Waals surface area contributed by atoms with Crippen molar-refractivity contribution < 1.29 is 14.5 Å². The molecule has 0 radical (unpaired) electrons. The Balaban J connectivity index is 1.33. The number of thioether (sulfide) groups is 1. The van der Waals surface area contributed by atoms with Gasteiger partial charge in [-0.2, -0.15) is 0 Å². The number of hydrogen-bond donors (Lipinski definition) is 1. The molecular weight excluding hydrogens is 430 g/mol. The summed E-state index contributed by atoms with van der Waals surface area (Å²) in [5.41, 5.74) is 0.457. The lowest BCUT2D eigenvalue weighted by atomic mass is 10.1. The highest BCUT2D eigenvalue weighted by Crippen LogP contribution is 2.26. The van der Waals surface area contributed by atoms with Crippen LogP contribution in [0.15, 0.2) is 71.9 Å². The minimum atomic E-state index is -0.489.